The second-order valence-electron chi connectivity index (χ2n) is 4.03. The van der Waals surface area contributed by atoms with Crippen molar-refractivity contribution in [3.8, 4) is 11.4 Å². The largest absolute Gasteiger partial charge is 0.255 e. The number of hydrogen-bond acceptors (Lipinski definition) is 2. The average Bonchev–Trinajstić information content (AvgIpc) is 2.58. The summed E-state index contributed by atoms with van der Waals surface area (Å²) in [5, 5.41) is 0. The van der Waals surface area contributed by atoms with E-state index in [0.717, 1.165) is 22.7 Å². The van der Waals surface area contributed by atoms with Crippen molar-refractivity contribution >= 4 is 5.57 Å². The normalized spacial score (nSPS) is 10.4. The van der Waals surface area contributed by atoms with Crippen molar-refractivity contribution in [3.05, 3.63) is 79.2 Å². The molecule has 2 heteroatoms. The Morgan fingerprint density at radius 1 is 1.00 bits per heavy atom. The van der Waals surface area contributed by atoms with Crippen molar-refractivity contribution in [2.75, 3.05) is 0 Å². The van der Waals surface area contributed by atoms with Gasteiger partial charge in [0, 0.05) is 6.20 Å². The lowest BCUT2D eigenvalue weighted by Gasteiger charge is -2.03. The highest BCUT2D eigenvalue weighted by atomic mass is 14.8. The fraction of sp³-hybridized carbons (Fsp3) is 0.158. The summed E-state index contributed by atoms with van der Waals surface area (Å²) in [6, 6.07) is 11.7. The molecular formula is C19H22N2. The van der Waals surface area contributed by atoms with Gasteiger partial charge in [-0.15, -0.1) is 0 Å². The molecular weight excluding hydrogens is 256 g/mol. The third-order valence-corrected chi connectivity index (χ3v) is 2.61. The molecule has 0 spiro atoms. The first-order valence-electron chi connectivity index (χ1n) is 7.18. The minimum Gasteiger partial charge on any atom is -0.255 e. The zero-order valence-electron chi connectivity index (χ0n) is 13.0. The Morgan fingerprint density at radius 3 is 2.43 bits per heavy atom. The second-order valence-corrected chi connectivity index (χ2v) is 4.03. The van der Waals surface area contributed by atoms with Crippen LogP contribution in [0.15, 0.2) is 73.5 Å². The van der Waals surface area contributed by atoms with Crippen molar-refractivity contribution in [1.29, 1.82) is 0 Å². The van der Waals surface area contributed by atoms with E-state index < -0.39 is 0 Å². The van der Waals surface area contributed by atoms with E-state index in [2.05, 4.69) is 16.5 Å². The highest BCUT2D eigenvalue weighted by Gasteiger charge is 2.02. The maximum atomic E-state index is 4.58. The van der Waals surface area contributed by atoms with Crippen LogP contribution in [0.1, 0.15) is 26.5 Å². The molecule has 0 saturated carbocycles. The Morgan fingerprint density at radius 2 is 1.76 bits per heavy atom. The van der Waals surface area contributed by atoms with Crippen LogP contribution in [0.25, 0.3) is 17.0 Å². The Kier molecular flexibility index (Phi) is 7.44. The molecule has 0 unspecified atom stereocenters. The Hall–Kier alpha value is -2.48. The van der Waals surface area contributed by atoms with Crippen LogP contribution < -0.4 is 0 Å². The molecule has 0 aliphatic carbocycles. The zero-order chi connectivity index (χ0) is 15.5. The van der Waals surface area contributed by atoms with E-state index in [-0.39, 0.29) is 0 Å². The number of nitrogens with zero attached hydrogens (tertiary/aromatic N) is 2. The summed E-state index contributed by atoms with van der Waals surface area (Å²) in [5.74, 6) is 0. The van der Waals surface area contributed by atoms with Crippen LogP contribution in [0, 0.1) is 0 Å². The number of hydrogen-bond donors (Lipinski definition) is 0. The van der Waals surface area contributed by atoms with E-state index in [1.54, 1.807) is 6.20 Å². The molecule has 0 atom stereocenters. The van der Waals surface area contributed by atoms with Crippen molar-refractivity contribution in [3.63, 3.8) is 0 Å². The van der Waals surface area contributed by atoms with Crippen LogP contribution in [0.2, 0.25) is 0 Å². The summed E-state index contributed by atoms with van der Waals surface area (Å²) >= 11 is 0. The second kappa shape index (κ2) is 9.43. The van der Waals surface area contributed by atoms with Crippen LogP contribution in [0.3, 0.4) is 0 Å². The molecule has 0 aromatic carbocycles. The van der Waals surface area contributed by atoms with Gasteiger partial charge in [-0.25, -0.2) is 4.98 Å². The summed E-state index contributed by atoms with van der Waals surface area (Å²) in [7, 11) is 0. The first kappa shape index (κ1) is 16.6. The number of rotatable bonds is 4. The Balaban J connectivity index is 0.00000106. The summed E-state index contributed by atoms with van der Waals surface area (Å²) in [5.41, 5.74) is 3.48. The molecule has 2 rings (SSSR count). The summed E-state index contributed by atoms with van der Waals surface area (Å²) in [6.07, 6.45) is 9.61. The smallest absolute Gasteiger partial charge is 0.0893 e. The van der Waals surface area contributed by atoms with Crippen molar-refractivity contribution < 1.29 is 0 Å². The number of aromatic nitrogens is 2. The molecule has 2 heterocycles. The lowest BCUT2D eigenvalue weighted by molar-refractivity contribution is 1.23. The molecule has 2 nitrogen and oxygen atoms in total. The molecule has 0 saturated heterocycles. The van der Waals surface area contributed by atoms with Crippen LogP contribution in [0.5, 0.6) is 0 Å². The monoisotopic (exact) mass is 278 g/mol. The van der Waals surface area contributed by atoms with Crippen LogP contribution in [-0.4, -0.2) is 9.97 Å². The van der Waals surface area contributed by atoms with Gasteiger partial charge in [-0.3, -0.25) is 4.98 Å². The SMILES string of the molecule is C=C(/C=C\C=C/C)c1cccc(-c2ccccn2)n1.CC. The van der Waals surface area contributed by atoms with Gasteiger partial charge < -0.3 is 0 Å². The highest BCUT2D eigenvalue weighted by molar-refractivity contribution is 5.71. The van der Waals surface area contributed by atoms with E-state index in [1.807, 2.05) is 81.5 Å². The fourth-order valence-corrected chi connectivity index (χ4v) is 1.64. The molecule has 0 amide bonds. The number of pyridine rings is 2. The molecule has 0 bridgehead atoms. The minimum absolute atomic E-state index is 0.860. The molecule has 0 aliphatic rings. The van der Waals surface area contributed by atoms with E-state index in [1.165, 1.54) is 0 Å². The van der Waals surface area contributed by atoms with E-state index in [0.29, 0.717) is 0 Å². The minimum atomic E-state index is 0.860. The van der Waals surface area contributed by atoms with Gasteiger partial charge in [-0.2, -0.15) is 0 Å². The first-order chi connectivity index (χ1) is 10.3. The van der Waals surface area contributed by atoms with Crippen LogP contribution >= 0.6 is 0 Å². The quantitative estimate of drug-likeness (QED) is 0.708. The summed E-state index contributed by atoms with van der Waals surface area (Å²) in [6.45, 7) is 10.0. The predicted molar refractivity (Wildman–Crippen MR) is 91.8 cm³/mol. The molecule has 0 radical (unpaired) electrons. The van der Waals surface area contributed by atoms with Gasteiger partial charge in [0.25, 0.3) is 0 Å². The van der Waals surface area contributed by atoms with Gasteiger partial charge >= 0.3 is 0 Å². The molecule has 2 aromatic rings. The molecule has 21 heavy (non-hydrogen) atoms. The Bertz CT molecular complexity index is 610. The van der Waals surface area contributed by atoms with Gasteiger partial charge in [0.05, 0.1) is 17.1 Å². The molecule has 0 N–H and O–H groups in total. The van der Waals surface area contributed by atoms with Gasteiger partial charge in [-0.05, 0) is 36.8 Å². The third-order valence-electron chi connectivity index (χ3n) is 2.61. The van der Waals surface area contributed by atoms with Crippen molar-refractivity contribution in [2.45, 2.75) is 20.8 Å². The highest BCUT2D eigenvalue weighted by Crippen LogP contribution is 2.17. The standard InChI is InChI=1S/C17H16N2.C2H6/c1-3-4-5-9-14(2)15-11-8-12-17(19-15)16-10-6-7-13-18-16;1-2/h3-13H,2H2,1H3;1-2H3/b4-3-,9-5-;. The van der Waals surface area contributed by atoms with E-state index in [9.17, 15) is 0 Å². The average molecular weight is 278 g/mol. The van der Waals surface area contributed by atoms with E-state index >= 15 is 0 Å². The van der Waals surface area contributed by atoms with Crippen molar-refractivity contribution in [2.24, 2.45) is 0 Å². The summed E-state index contributed by atoms with van der Waals surface area (Å²) in [4.78, 5) is 8.89. The van der Waals surface area contributed by atoms with Crippen molar-refractivity contribution in [1.82, 2.24) is 9.97 Å². The van der Waals surface area contributed by atoms with Crippen LogP contribution in [0.4, 0.5) is 0 Å². The van der Waals surface area contributed by atoms with Crippen LogP contribution in [-0.2, 0) is 0 Å². The van der Waals surface area contributed by atoms with Gasteiger partial charge in [0.2, 0.25) is 0 Å². The third kappa shape index (κ3) is 5.19. The fourth-order valence-electron chi connectivity index (χ4n) is 1.64. The summed E-state index contributed by atoms with van der Waals surface area (Å²) < 4.78 is 0. The lowest BCUT2D eigenvalue weighted by atomic mass is 10.1. The molecule has 0 aliphatic heterocycles. The van der Waals surface area contributed by atoms with Gasteiger partial charge in [0.15, 0.2) is 0 Å². The molecule has 2 aromatic heterocycles. The molecule has 0 fully saturated rings. The first-order valence-corrected chi connectivity index (χ1v) is 7.18. The maximum absolute atomic E-state index is 4.58. The number of allylic oxidation sites excluding steroid dienone is 5. The topological polar surface area (TPSA) is 25.8 Å². The molecule has 108 valence electrons. The predicted octanol–water partition coefficient (Wildman–Crippen LogP) is 5.32. The Labute approximate surface area is 127 Å². The van der Waals surface area contributed by atoms with E-state index in [4.69, 9.17) is 0 Å². The maximum Gasteiger partial charge on any atom is 0.0893 e. The van der Waals surface area contributed by atoms with Gasteiger partial charge in [0.1, 0.15) is 0 Å². The lowest BCUT2D eigenvalue weighted by Crippen LogP contribution is -1.91. The van der Waals surface area contributed by atoms with Gasteiger partial charge in [-0.1, -0.05) is 56.9 Å². The zero-order valence-corrected chi connectivity index (χ0v) is 13.0.